The Morgan fingerprint density at radius 1 is 1.40 bits per heavy atom. The normalized spacial score (nSPS) is 29.4. The molecule has 3 atom stereocenters. The van der Waals surface area contributed by atoms with Gasteiger partial charge in [-0.1, -0.05) is 0 Å². The van der Waals surface area contributed by atoms with E-state index >= 15 is 0 Å². The second-order valence-corrected chi connectivity index (χ2v) is 7.32. The van der Waals surface area contributed by atoms with E-state index in [2.05, 4.69) is 25.9 Å². The van der Waals surface area contributed by atoms with Crippen LogP contribution in [0.5, 0.6) is 6.01 Å². The van der Waals surface area contributed by atoms with E-state index in [1.807, 2.05) is 11.9 Å². The zero-order valence-corrected chi connectivity index (χ0v) is 15.1. The van der Waals surface area contributed by atoms with Crippen molar-refractivity contribution in [3.05, 3.63) is 28.5 Å². The molecule has 2 aliphatic heterocycles. The molecule has 25 heavy (non-hydrogen) atoms. The quantitative estimate of drug-likeness (QED) is 0.703. The average molecular weight is 412 g/mol. The molecule has 0 radical (unpaired) electrons. The van der Waals surface area contributed by atoms with Crippen LogP contribution in [0.4, 0.5) is 0 Å². The van der Waals surface area contributed by atoms with Crippen LogP contribution in [-0.2, 0) is 9.59 Å². The van der Waals surface area contributed by atoms with Crippen molar-refractivity contribution in [2.75, 3.05) is 7.05 Å². The highest BCUT2D eigenvalue weighted by Crippen LogP contribution is 2.48. The summed E-state index contributed by atoms with van der Waals surface area (Å²) in [5.41, 5.74) is -0.956. The maximum Gasteiger partial charge on any atom is 0.333 e. The number of piperidine rings is 1. The number of halogens is 1. The Morgan fingerprint density at radius 2 is 2.08 bits per heavy atom. The molecule has 0 saturated carbocycles. The van der Waals surface area contributed by atoms with Gasteiger partial charge < -0.3 is 14.9 Å². The monoisotopic (exact) mass is 411 g/mol. The van der Waals surface area contributed by atoms with E-state index in [4.69, 9.17) is 9.84 Å². The number of carboxylic acid groups (broad SMARTS) is 2. The number of nitrogens with zero attached hydrogens (tertiary/aromatic N) is 3. The van der Waals surface area contributed by atoms with E-state index in [0.29, 0.717) is 12.8 Å². The number of aliphatic carboxylic acids is 2. The Labute approximate surface area is 152 Å². The van der Waals surface area contributed by atoms with Gasteiger partial charge in [0, 0.05) is 37.4 Å². The highest BCUT2D eigenvalue weighted by molar-refractivity contribution is 9.10. The van der Waals surface area contributed by atoms with E-state index in [9.17, 15) is 14.7 Å². The van der Waals surface area contributed by atoms with Crippen LogP contribution in [0.1, 0.15) is 25.7 Å². The highest BCUT2D eigenvalue weighted by Gasteiger charge is 2.54. The van der Waals surface area contributed by atoms with Gasteiger partial charge in [-0.15, -0.1) is 0 Å². The van der Waals surface area contributed by atoms with E-state index < -0.39 is 17.5 Å². The standard InChI is InChI=1S/C16H18BrN3O5/c1-20-10-2-3-16(20,12(14(23)24)5-13(21)22)6-11(4-10)25-15-18-7-9(17)8-19-15/h5,7-8,10-11H,2-4,6H2,1H3,(H,21,22)(H,23,24)/b12-5-. The van der Waals surface area contributed by atoms with Gasteiger partial charge in [0.2, 0.25) is 0 Å². The first kappa shape index (κ1) is 17.8. The van der Waals surface area contributed by atoms with Crippen LogP contribution in [0.15, 0.2) is 28.5 Å². The smallest absolute Gasteiger partial charge is 0.333 e. The first-order valence-corrected chi connectivity index (χ1v) is 8.66. The minimum atomic E-state index is -1.26. The molecule has 0 aliphatic carbocycles. The van der Waals surface area contributed by atoms with Gasteiger partial charge >= 0.3 is 17.9 Å². The van der Waals surface area contributed by atoms with Gasteiger partial charge in [-0.2, -0.15) is 0 Å². The van der Waals surface area contributed by atoms with Crippen LogP contribution in [0.2, 0.25) is 0 Å². The Kier molecular flexibility index (Phi) is 4.79. The molecule has 8 nitrogen and oxygen atoms in total. The van der Waals surface area contributed by atoms with Crippen molar-refractivity contribution >= 4 is 27.9 Å². The van der Waals surface area contributed by atoms with Gasteiger partial charge in [-0.05, 0) is 35.8 Å². The fourth-order valence-electron chi connectivity index (χ4n) is 3.96. The Bertz CT molecular complexity index is 723. The molecule has 0 amide bonds. The zero-order valence-electron chi connectivity index (χ0n) is 13.6. The van der Waals surface area contributed by atoms with E-state index in [1.165, 1.54) is 0 Å². The minimum Gasteiger partial charge on any atom is -0.478 e. The summed E-state index contributed by atoms with van der Waals surface area (Å²) in [6.45, 7) is 0. The zero-order chi connectivity index (χ0) is 18.2. The molecular weight excluding hydrogens is 394 g/mol. The number of carbonyl (C=O) groups is 2. The number of fused-ring (bicyclic) bond motifs is 2. The SMILES string of the molecule is CN1C2CCC1(/C(=C\C(=O)O)C(=O)O)CC(Oc1ncc(Br)cn1)C2. The third kappa shape index (κ3) is 3.38. The predicted octanol–water partition coefficient (Wildman–Crippen LogP) is 1.71. The van der Waals surface area contributed by atoms with Crippen LogP contribution in [-0.4, -0.2) is 61.8 Å². The molecular formula is C16H18BrN3O5. The first-order chi connectivity index (χ1) is 11.8. The predicted molar refractivity (Wildman–Crippen MR) is 90.3 cm³/mol. The van der Waals surface area contributed by atoms with E-state index in [-0.39, 0.29) is 23.7 Å². The lowest BCUT2D eigenvalue weighted by Crippen LogP contribution is -2.55. The number of aromatic nitrogens is 2. The fourth-order valence-corrected chi connectivity index (χ4v) is 4.17. The minimum absolute atomic E-state index is 0.102. The Balaban J connectivity index is 1.89. The van der Waals surface area contributed by atoms with Crippen molar-refractivity contribution in [3.63, 3.8) is 0 Å². The maximum atomic E-state index is 11.7. The van der Waals surface area contributed by atoms with Crippen molar-refractivity contribution < 1.29 is 24.5 Å². The van der Waals surface area contributed by atoms with Gasteiger partial charge in [0.15, 0.2) is 0 Å². The summed E-state index contributed by atoms with van der Waals surface area (Å²) in [6.07, 6.45) is 6.16. The summed E-state index contributed by atoms with van der Waals surface area (Å²) in [6, 6.07) is 0.358. The summed E-state index contributed by atoms with van der Waals surface area (Å²) >= 11 is 3.26. The number of hydrogen-bond acceptors (Lipinski definition) is 6. The van der Waals surface area contributed by atoms with Crippen LogP contribution in [0, 0.1) is 0 Å². The molecule has 2 bridgehead atoms. The highest BCUT2D eigenvalue weighted by atomic mass is 79.9. The summed E-state index contributed by atoms with van der Waals surface area (Å²) in [5.74, 6) is -2.47. The topological polar surface area (TPSA) is 113 Å². The van der Waals surface area contributed by atoms with Crippen molar-refractivity contribution in [1.82, 2.24) is 14.9 Å². The van der Waals surface area contributed by atoms with Crippen LogP contribution in [0.25, 0.3) is 0 Å². The lowest BCUT2D eigenvalue weighted by atomic mass is 9.80. The number of likely N-dealkylation sites (N-methyl/N-ethyl adjacent to an activating group) is 1. The number of hydrogen-bond donors (Lipinski definition) is 2. The maximum absolute atomic E-state index is 11.7. The van der Waals surface area contributed by atoms with Gasteiger partial charge in [-0.3, -0.25) is 4.90 Å². The second kappa shape index (κ2) is 6.72. The summed E-state index contributed by atoms with van der Waals surface area (Å²) < 4.78 is 6.60. The summed E-state index contributed by atoms with van der Waals surface area (Å²) in [7, 11) is 1.85. The fraction of sp³-hybridized carbons (Fsp3) is 0.500. The van der Waals surface area contributed by atoms with Crippen LogP contribution >= 0.6 is 15.9 Å². The van der Waals surface area contributed by atoms with Gasteiger partial charge in [-0.25, -0.2) is 19.6 Å². The second-order valence-electron chi connectivity index (χ2n) is 6.40. The molecule has 2 fully saturated rings. The van der Waals surface area contributed by atoms with E-state index in [0.717, 1.165) is 23.4 Å². The van der Waals surface area contributed by atoms with Crippen molar-refractivity contribution in [2.45, 2.75) is 43.4 Å². The van der Waals surface area contributed by atoms with Gasteiger partial charge in [0.25, 0.3) is 0 Å². The molecule has 0 spiro atoms. The summed E-state index contributed by atoms with van der Waals surface area (Å²) in [4.78, 5) is 33.0. The van der Waals surface area contributed by atoms with Gasteiger partial charge in [0.1, 0.15) is 6.10 Å². The molecule has 2 saturated heterocycles. The molecule has 0 aromatic carbocycles. The number of rotatable bonds is 5. The van der Waals surface area contributed by atoms with Crippen LogP contribution in [0.3, 0.4) is 0 Å². The Morgan fingerprint density at radius 3 is 2.68 bits per heavy atom. The number of carboxylic acids is 2. The van der Waals surface area contributed by atoms with Crippen molar-refractivity contribution in [2.24, 2.45) is 0 Å². The van der Waals surface area contributed by atoms with Crippen molar-refractivity contribution in [1.29, 1.82) is 0 Å². The molecule has 1 aromatic heterocycles. The van der Waals surface area contributed by atoms with Gasteiger partial charge in [0.05, 0.1) is 15.6 Å². The molecule has 3 unspecified atom stereocenters. The first-order valence-electron chi connectivity index (χ1n) is 7.87. The number of ether oxygens (including phenoxy) is 1. The molecule has 3 rings (SSSR count). The third-order valence-corrected chi connectivity index (χ3v) is 5.49. The lowest BCUT2D eigenvalue weighted by Gasteiger charge is -2.45. The molecule has 1 aromatic rings. The summed E-state index contributed by atoms with van der Waals surface area (Å²) in [5, 5.41) is 18.7. The molecule has 9 heteroatoms. The largest absolute Gasteiger partial charge is 0.478 e. The lowest BCUT2D eigenvalue weighted by molar-refractivity contribution is -0.137. The van der Waals surface area contributed by atoms with Crippen molar-refractivity contribution in [3.8, 4) is 6.01 Å². The van der Waals surface area contributed by atoms with E-state index in [1.54, 1.807) is 12.4 Å². The molecule has 3 heterocycles. The molecule has 134 valence electrons. The van der Waals surface area contributed by atoms with Crippen LogP contribution < -0.4 is 4.74 Å². The third-order valence-electron chi connectivity index (χ3n) is 5.08. The molecule has 2 N–H and O–H groups in total. The molecule has 2 aliphatic rings. The average Bonchev–Trinajstić information content (AvgIpc) is 2.74. The Hall–Kier alpha value is -2.00.